The molecule has 84 valence electrons. The first-order valence-electron chi connectivity index (χ1n) is 5.20. The Morgan fingerprint density at radius 2 is 2.50 bits per heavy atom. The maximum Gasteiger partial charge on any atom is 0.240 e. The van der Waals surface area contributed by atoms with Crippen LogP contribution in [0.2, 0.25) is 0 Å². The van der Waals surface area contributed by atoms with Crippen LogP contribution in [-0.2, 0) is 18.3 Å². The summed E-state index contributed by atoms with van der Waals surface area (Å²) in [5.41, 5.74) is -0.736. The highest BCUT2D eigenvalue weighted by Gasteiger charge is 2.50. The van der Waals surface area contributed by atoms with Gasteiger partial charge in [0.05, 0.1) is 6.07 Å². The number of aromatic nitrogens is 3. The SMILES string of the molecule is Cn1cnnc1CCNC(=O)C1(C#N)CC1. The van der Waals surface area contributed by atoms with E-state index in [2.05, 4.69) is 21.6 Å². The Balaban J connectivity index is 1.79. The molecular formula is C10H13N5O. The molecule has 0 radical (unpaired) electrons. The third kappa shape index (κ3) is 1.89. The van der Waals surface area contributed by atoms with Crippen molar-refractivity contribution in [2.24, 2.45) is 12.5 Å². The molecule has 1 aliphatic rings. The third-order valence-corrected chi connectivity index (χ3v) is 2.84. The lowest BCUT2D eigenvalue weighted by molar-refractivity contribution is -0.124. The Labute approximate surface area is 93.3 Å². The summed E-state index contributed by atoms with van der Waals surface area (Å²) < 4.78 is 1.81. The molecule has 1 heterocycles. The summed E-state index contributed by atoms with van der Waals surface area (Å²) in [5, 5.41) is 19.2. The van der Waals surface area contributed by atoms with Gasteiger partial charge in [-0.05, 0) is 12.8 Å². The summed E-state index contributed by atoms with van der Waals surface area (Å²) in [6, 6.07) is 2.06. The van der Waals surface area contributed by atoms with E-state index in [9.17, 15) is 4.79 Å². The van der Waals surface area contributed by atoms with E-state index < -0.39 is 5.41 Å². The van der Waals surface area contributed by atoms with Gasteiger partial charge in [-0.1, -0.05) is 0 Å². The van der Waals surface area contributed by atoms with Crippen LogP contribution in [0.4, 0.5) is 0 Å². The van der Waals surface area contributed by atoms with Crippen molar-refractivity contribution in [2.75, 3.05) is 6.54 Å². The summed E-state index contributed by atoms with van der Waals surface area (Å²) in [6.45, 7) is 0.495. The van der Waals surface area contributed by atoms with Crippen LogP contribution in [0.25, 0.3) is 0 Å². The Morgan fingerprint density at radius 3 is 3.00 bits per heavy atom. The molecule has 1 saturated carbocycles. The van der Waals surface area contributed by atoms with Gasteiger partial charge in [-0.2, -0.15) is 5.26 Å². The molecule has 0 aromatic carbocycles. The van der Waals surface area contributed by atoms with Crippen molar-refractivity contribution in [3.8, 4) is 6.07 Å². The Bertz CT molecular complexity index is 440. The van der Waals surface area contributed by atoms with Crippen LogP contribution in [0.15, 0.2) is 6.33 Å². The number of aryl methyl sites for hydroxylation is 1. The molecular weight excluding hydrogens is 206 g/mol. The summed E-state index contributed by atoms with van der Waals surface area (Å²) >= 11 is 0. The van der Waals surface area contributed by atoms with Crippen LogP contribution in [0.5, 0.6) is 0 Å². The van der Waals surface area contributed by atoms with Crippen molar-refractivity contribution in [3.63, 3.8) is 0 Å². The van der Waals surface area contributed by atoms with E-state index >= 15 is 0 Å². The molecule has 1 aromatic rings. The number of amides is 1. The van der Waals surface area contributed by atoms with Gasteiger partial charge >= 0.3 is 0 Å². The molecule has 1 fully saturated rings. The maximum absolute atomic E-state index is 11.6. The number of hydrogen-bond donors (Lipinski definition) is 1. The smallest absolute Gasteiger partial charge is 0.240 e. The van der Waals surface area contributed by atoms with Crippen LogP contribution in [-0.4, -0.2) is 27.2 Å². The second-order valence-electron chi connectivity index (χ2n) is 4.06. The molecule has 0 aliphatic heterocycles. The van der Waals surface area contributed by atoms with E-state index in [-0.39, 0.29) is 5.91 Å². The molecule has 2 rings (SSSR count). The van der Waals surface area contributed by atoms with Crippen molar-refractivity contribution >= 4 is 5.91 Å². The first kappa shape index (κ1) is 10.6. The molecule has 6 nitrogen and oxygen atoms in total. The molecule has 1 aromatic heterocycles. The minimum atomic E-state index is -0.736. The number of rotatable bonds is 4. The highest BCUT2D eigenvalue weighted by atomic mass is 16.2. The summed E-state index contributed by atoms with van der Waals surface area (Å²) in [4.78, 5) is 11.6. The predicted molar refractivity (Wildman–Crippen MR) is 55.0 cm³/mol. The zero-order valence-electron chi connectivity index (χ0n) is 9.10. The number of carbonyl (C=O) groups excluding carboxylic acids is 1. The molecule has 0 bridgehead atoms. The molecule has 0 saturated heterocycles. The highest BCUT2D eigenvalue weighted by Crippen LogP contribution is 2.44. The fraction of sp³-hybridized carbons (Fsp3) is 0.600. The van der Waals surface area contributed by atoms with E-state index in [0.717, 1.165) is 5.82 Å². The summed E-state index contributed by atoms with van der Waals surface area (Å²) in [6.07, 6.45) is 3.61. The van der Waals surface area contributed by atoms with Crippen LogP contribution in [0.1, 0.15) is 18.7 Å². The maximum atomic E-state index is 11.6. The quantitative estimate of drug-likeness (QED) is 0.758. The molecule has 0 unspecified atom stereocenters. The molecule has 0 spiro atoms. The lowest BCUT2D eigenvalue weighted by Gasteiger charge is -2.07. The van der Waals surface area contributed by atoms with Gasteiger partial charge in [0.2, 0.25) is 5.91 Å². The lowest BCUT2D eigenvalue weighted by atomic mass is 10.1. The standard InChI is InChI=1S/C10H13N5O/c1-15-7-13-14-8(15)2-5-12-9(16)10(6-11)3-4-10/h7H,2-5H2,1H3,(H,12,16). The number of nitrogens with zero attached hydrogens (tertiary/aromatic N) is 4. The highest BCUT2D eigenvalue weighted by molar-refractivity contribution is 5.88. The van der Waals surface area contributed by atoms with E-state index in [1.807, 2.05) is 11.6 Å². The third-order valence-electron chi connectivity index (χ3n) is 2.84. The van der Waals surface area contributed by atoms with Gasteiger partial charge in [0.1, 0.15) is 17.6 Å². The molecule has 16 heavy (non-hydrogen) atoms. The van der Waals surface area contributed by atoms with Crippen molar-refractivity contribution < 1.29 is 4.79 Å². The number of nitrogens with one attached hydrogen (secondary N) is 1. The number of carbonyl (C=O) groups is 1. The molecule has 6 heteroatoms. The molecule has 1 amide bonds. The second-order valence-corrected chi connectivity index (χ2v) is 4.06. The van der Waals surface area contributed by atoms with Gasteiger partial charge in [0, 0.05) is 20.0 Å². The van der Waals surface area contributed by atoms with Gasteiger partial charge in [0.15, 0.2) is 0 Å². The molecule has 0 atom stereocenters. The van der Waals surface area contributed by atoms with Gasteiger partial charge in [-0.3, -0.25) is 4.79 Å². The minimum absolute atomic E-state index is 0.155. The first-order chi connectivity index (χ1) is 7.68. The normalized spacial score (nSPS) is 16.5. The van der Waals surface area contributed by atoms with Crippen molar-refractivity contribution in [3.05, 3.63) is 12.2 Å². The monoisotopic (exact) mass is 219 g/mol. The average molecular weight is 219 g/mol. The van der Waals surface area contributed by atoms with Crippen molar-refractivity contribution in [1.82, 2.24) is 20.1 Å². The minimum Gasteiger partial charge on any atom is -0.354 e. The van der Waals surface area contributed by atoms with E-state index in [1.54, 1.807) is 6.33 Å². The molecule has 1 N–H and O–H groups in total. The van der Waals surface area contributed by atoms with E-state index in [4.69, 9.17) is 5.26 Å². The predicted octanol–water partition coefficient (Wildman–Crippen LogP) is -0.222. The van der Waals surface area contributed by atoms with Crippen LogP contribution < -0.4 is 5.32 Å². The van der Waals surface area contributed by atoms with Crippen LogP contribution in [0.3, 0.4) is 0 Å². The topological polar surface area (TPSA) is 83.6 Å². The Kier molecular flexibility index (Phi) is 2.60. The summed E-state index contributed by atoms with van der Waals surface area (Å²) in [7, 11) is 1.86. The Morgan fingerprint density at radius 1 is 1.75 bits per heavy atom. The van der Waals surface area contributed by atoms with E-state index in [0.29, 0.717) is 25.8 Å². The zero-order valence-corrected chi connectivity index (χ0v) is 9.10. The number of hydrogen-bond acceptors (Lipinski definition) is 4. The fourth-order valence-corrected chi connectivity index (χ4v) is 1.51. The van der Waals surface area contributed by atoms with E-state index in [1.165, 1.54) is 0 Å². The van der Waals surface area contributed by atoms with Gasteiger partial charge in [-0.15, -0.1) is 10.2 Å². The fourth-order valence-electron chi connectivity index (χ4n) is 1.51. The zero-order chi connectivity index (χ0) is 11.6. The molecule has 1 aliphatic carbocycles. The van der Waals surface area contributed by atoms with Crippen molar-refractivity contribution in [2.45, 2.75) is 19.3 Å². The van der Waals surface area contributed by atoms with Crippen LogP contribution >= 0.6 is 0 Å². The summed E-state index contributed by atoms with van der Waals surface area (Å²) in [5.74, 6) is 0.666. The van der Waals surface area contributed by atoms with Crippen LogP contribution in [0, 0.1) is 16.7 Å². The first-order valence-corrected chi connectivity index (χ1v) is 5.20. The largest absolute Gasteiger partial charge is 0.354 e. The second kappa shape index (κ2) is 3.93. The van der Waals surface area contributed by atoms with Gasteiger partial charge in [-0.25, -0.2) is 0 Å². The number of nitriles is 1. The Hall–Kier alpha value is -1.90. The van der Waals surface area contributed by atoms with Gasteiger partial charge < -0.3 is 9.88 Å². The van der Waals surface area contributed by atoms with Gasteiger partial charge in [0.25, 0.3) is 0 Å². The average Bonchev–Trinajstić information content (AvgIpc) is 2.99. The lowest BCUT2D eigenvalue weighted by Crippen LogP contribution is -2.33. The van der Waals surface area contributed by atoms with Crippen molar-refractivity contribution in [1.29, 1.82) is 5.26 Å².